The summed E-state index contributed by atoms with van der Waals surface area (Å²) in [6, 6.07) is 0. The Balaban J connectivity index is -0.000000101. The fourth-order valence-corrected chi connectivity index (χ4v) is 0. The van der Waals surface area contributed by atoms with Gasteiger partial charge in [0.25, 0.3) is 16.3 Å². The minimum absolute atomic E-state index is 0.500. The third-order valence-electron chi connectivity index (χ3n) is 0. The highest BCUT2D eigenvalue weighted by molar-refractivity contribution is 7.80. The van der Waals surface area contributed by atoms with E-state index in [1.165, 1.54) is 0 Å². The van der Waals surface area contributed by atoms with E-state index in [-0.39, 0.29) is 0 Å². The van der Waals surface area contributed by atoms with Crippen LogP contribution < -0.4 is 11.5 Å². The summed E-state index contributed by atoms with van der Waals surface area (Å²) in [7, 11) is 0. The molecule has 0 bridgehead atoms. The topological polar surface area (TPSA) is 130 Å². The lowest BCUT2D eigenvalue weighted by molar-refractivity contribution is -0.134. The molecule has 0 aromatic heterocycles. The third kappa shape index (κ3) is 412. The van der Waals surface area contributed by atoms with Crippen LogP contribution in [0.3, 0.4) is 0 Å². The molecule has 0 amide bonds. The largest absolute Gasteiger partial charge is 0.487 e. The normalized spacial score (nSPS) is 6.08. The van der Waals surface area contributed by atoms with Gasteiger partial charge in [-0.25, -0.2) is 0 Å². The van der Waals surface area contributed by atoms with Crippen LogP contribution in [-0.2, 0) is 4.79 Å². The van der Waals surface area contributed by atoms with E-state index in [2.05, 4.69) is 35.9 Å². The number of thiocarbonyl (C=S) groups is 2. The Hall–Kier alpha value is -1.15. The second-order valence-electron chi connectivity index (χ2n) is 1.20. The molecule has 6 nitrogen and oxygen atoms in total. The number of carboxylic acids is 1. The number of aliphatic carboxylic acids is 1. The number of hydrogen-bond acceptors (Lipinski definition) is 3. The van der Waals surface area contributed by atoms with E-state index in [0.717, 1.165) is 6.92 Å². The molecule has 0 radical (unpaired) electrons. The molecule has 0 aromatic rings. The maximum atomic E-state index is 9.00. The number of carbonyl (C=O) groups is 1. The fraction of sp³-hybridized carbons (Fsp3) is 0.250. The maximum Gasteiger partial charge on any atom is 0.300 e. The first-order valence-electron chi connectivity index (χ1n) is 2.36. The predicted molar refractivity (Wildman–Crippen MR) is 52.1 cm³/mol. The van der Waals surface area contributed by atoms with Gasteiger partial charge in [-0.3, -0.25) is 4.79 Å². The predicted octanol–water partition coefficient (Wildman–Crippen LogP) is -0.333. The standard InChI is InChI=1S/C2H4O2.2CH3NOS/c1-2(3)4;2*2-1(3)4/h1H3,(H,3,4);2*(H3,2,3,4). The maximum absolute atomic E-state index is 9.00. The monoisotopic (exact) mass is 214 g/mol. The lowest BCUT2D eigenvalue weighted by Crippen LogP contribution is -2.03. The van der Waals surface area contributed by atoms with Gasteiger partial charge in [-0.2, -0.15) is 0 Å². The van der Waals surface area contributed by atoms with E-state index >= 15 is 0 Å². The first kappa shape index (κ1) is 17.1. The summed E-state index contributed by atoms with van der Waals surface area (Å²) in [5.74, 6) is -0.833. The van der Waals surface area contributed by atoms with Crippen LogP contribution in [0.2, 0.25) is 0 Å². The third-order valence-corrected chi connectivity index (χ3v) is 0. The van der Waals surface area contributed by atoms with Crippen molar-refractivity contribution >= 4 is 40.8 Å². The van der Waals surface area contributed by atoms with Crippen molar-refractivity contribution < 1.29 is 20.1 Å². The molecular formula is C4H10N2O4S2. The van der Waals surface area contributed by atoms with E-state index in [9.17, 15) is 0 Å². The van der Waals surface area contributed by atoms with Gasteiger partial charge in [-0.05, 0) is 24.4 Å². The molecule has 0 aromatic carbocycles. The van der Waals surface area contributed by atoms with Gasteiger partial charge in [-0.1, -0.05) is 0 Å². The summed E-state index contributed by atoms with van der Waals surface area (Å²) >= 11 is 7.74. The van der Waals surface area contributed by atoms with Crippen molar-refractivity contribution in [1.82, 2.24) is 0 Å². The molecular weight excluding hydrogens is 204 g/mol. The smallest absolute Gasteiger partial charge is 0.300 e. The van der Waals surface area contributed by atoms with Crippen molar-refractivity contribution in [2.75, 3.05) is 0 Å². The molecule has 0 saturated carbocycles. The molecule has 12 heavy (non-hydrogen) atoms. The second-order valence-corrected chi connectivity index (χ2v) is 2.03. The lowest BCUT2D eigenvalue weighted by atomic mass is 10.9. The van der Waals surface area contributed by atoms with Crippen molar-refractivity contribution in [2.24, 2.45) is 11.5 Å². The van der Waals surface area contributed by atoms with E-state index in [1.807, 2.05) is 0 Å². The van der Waals surface area contributed by atoms with Crippen molar-refractivity contribution in [3.8, 4) is 0 Å². The van der Waals surface area contributed by atoms with Crippen molar-refractivity contribution in [3.05, 3.63) is 0 Å². The fourth-order valence-electron chi connectivity index (χ4n) is 0. The van der Waals surface area contributed by atoms with Crippen molar-refractivity contribution in [1.29, 1.82) is 0 Å². The zero-order valence-electron chi connectivity index (χ0n) is 6.22. The molecule has 0 aliphatic carbocycles. The molecule has 0 saturated heterocycles. The van der Waals surface area contributed by atoms with Crippen molar-refractivity contribution in [3.63, 3.8) is 0 Å². The van der Waals surface area contributed by atoms with Gasteiger partial charge in [0.05, 0.1) is 0 Å². The average molecular weight is 214 g/mol. The number of hydrogen-bond donors (Lipinski definition) is 5. The zero-order chi connectivity index (χ0) is 10.7. The molecule has 0 unspecified atom stereocenters. The molecule has 8 heteroatoms. The van der Waals surface area contributed by atoms with Crippen LogP contribution in [0.5, 0.6) is 0 Å². The molecule has 72 valence electrons. The number of aliphatic hydroxyl groups excluding tert-OH is 2. The molecule has 0 aliphatic heterocycles. The van der Waals surface area contributed by atoms with Gasteiger partial charge in [-0.15, -0.1) is 0 Å². The van der Waals surface area contributed by atoms with Gasteiger partial charge in [0.1, 0.15) is 0 Å². The van der Waals surface area contributed by atoms with Gasteiger partial charge in [0.15, 0.2) is 0 Å². The Labute approximate surface area is 79.8 Å². The first-order valence-corrected chi connectivity index (χ1v) is 3.18. The van der Waals surface area contributed by atoms with Crippen LogP contribution in [0.1, 0.15) is 6.92 Å². The summed E-state index contributed by atoms with van der Waals surface area (Å²) in [6.07, 6.45) is 0. The average Bonchev–Trinajstić information content (AvgIpc) is 1.54. The minimum atomic E-state index is -0.833. The van der Waals surface area contributed by atoms with E-state index in [0.29, 0.717) is 0 Å². The number of rotatable bonds is 0. The molecule has 7 N–H and O–H groups in total. The van der Waals surface area contributed by atoms with E-state index in [1.54, 1.807) is 0 Å². The zero-order valence-corrected chi connectivity index (χ0v) is 7.85. The van der Waals surface area contributed by atoms with Gasteiger partial charge in [0.2, 0.25) is 0 Å². The molecule has 0 aliphatic rings. The number of nitrogens with two attached hydrogens (primary N) is 2. The summed E-state index contributed by atoms with van der Waals surface area (Å²) in [5.41, 5.74) is 8.80. The Bertz CT molecular complexity index is 121. The molecule has 0 spiro atoms. The Kier molecular flexibility index (Phi) is 17.8. The minimum Gasteiger partial charge on any atom is -0.487 e. The molecule has 0 rings (SSSR count). The van der Waals surface area contributed by atoms with Crippen LogP contribution in [0.15, 0.2) is 0 Å². The van der Waals surface area contributed by atoms with Gasteiger partial charge in [0, 0.05) is 6.92 Å². The summed E-state index contributed by atoms with van der Waals surface area (Å²) in [6.45, 7) is 1.08. The molecule has 0 heterocycles. The Morgan fingerprint density at radius 1 is 1.08 bits per heavy atom. The second kappa shape index (κ2) is 12.5. The lowest BCUT2D eigenvalue weighted by Gasteiger charge is -1.67. The highest BCUT2D eigenvalue weighted by Crippen LogP contribution is 1.42. The first-order chi connectivity index (χ1) is 5.20. The quantitative estimate of drug-likeness (QED) is 0.346. The van der Waals surface area contributed by atoms with Crippen molar-refractivity contribution in [2.45, 2.75) is 6.92 Å². The number of aliphatic hydroxyl groups is 2. The van der Waals surface area contributed by atoms with Crippen LogP contribution in [0.4, 0.5) is 0 Å². The molecule has 0 atom stereocenters. The van der Waals surface area contributed by atoms with Gasteiger partial charge >= 0.3 is 0 Å². The van der Waals surface area contributed by atoms with Crippen LogP contribution in [-0.4, -0.2) is 31.6 Å². The van der Waals surface area contributed by atoms with E-state index in [4.69, 9.17) is 20.1 Å². The summed E-state index contributed by atoms with van der Waals surface area (Å²) < 4.78 is 0. The highest BCUT2D eigenvalue weighted by atomic mass is 32.1. The summed E-state index contributed by atoms with van der Waals surface area (Å²) in [4.78, 5) is 9.00. The van der Waals surface area contributed by atoms with Crippen LogP contribution >= 0.6 is 24.4 Å². The highest BCUT2D eigenvalue weighted by Gasteiger charge is 1.65. The number of carboxylic acid groups (broad SMARTS) is 1. The Morgan fingerprint density at radius 2 is 1.08 bits per heavy atom. The van der Waals surface area contributed by atoms with E-state index < -0.39 is 16.3 Å². The molecule has 0 fully saturated rings. The summed E-state index contributed by atoms with van der Waals surface area (Å²) in [5, 5.41) is 21.5. The SMILES string of the molecule is CC(=O)O.NC(O)=S.NC(O)=S. The van der Waals surface area contributed by atoms with Crippen LogP contribution in [0, 0.1) is 0 Å². The van der Waals surface area contributed by atoms with Crippen LogP contribution in [0.25, 0.3) is 0 Å². The van der Waals surface area contributed by atoms with Gasteiger partial charge < -0.3 is 26.8 Å². The Morgan fingerprint density at radius 3 is 1.08 bits per heavy atom.